The third-order valence-corrected chi connectivity index (χ3v) is 7.15. The van der Waals surface area contributed by atoms with Crippen molar-refractivity contribution < 1.29 is 22.7 Å². The highest BCUT2D eigenvalue weighted by molar-refractivity contribution is 7.89. The van der Waals surface area contributed by atoms with Crippen LogP contribution < -0.4 is 14.8 Å². The summed E-state index contributed by atoms with van der Waals surface area (Å²) in [5.74, 6) is 0.505. The Balaban J connectivity index is 1.81. The minimum absolute atomic E-state index is 0.0854. The van der Waals surface area contributed by atoms with Crippen LogP contribution in [0.25, 0.3) is 0 Å². The lowest BCUT2D eigenvalue weighted by Gasteiger charge is -2.19. The van der Waals surface area contributed by atoms with E-state index >= 15 is 0 Å². The molecule has 0 unspecified atom stereocenters. The Hall–Kier alpha value is -3.36. The van der Waals surface area contributed by atoms with Crippen molar-refractivity contribution in [1.29, 1.82) is 0 Å². The highest BCUT2D eigenvalue weighted by Crippen LogP contribution is 2.29. The second-order valence-corrected chi connectivity index (χ2v) is 9.15. The van der Waals surface area contributed by atoms with Gasteiger partial charge in [-0.05, 0) is 42.0 Å². The van der Waals surface area contributed by atoms with Crippen molar-refractivity contribution in [2.75, 3.05) is 25.5 Å². The van der Waals surface area contributed by atoms with E-state index in [9.17, 15) is 13.2 Å². The second kappa shape index (κ2) is 11.0. The maximum atomic E-state index is 12.9. The molecule has 0 heterocycles. The zero-order chi connectivity index (χ0) is 23.8. The average Bonchev–Trinajstić information content (AvgIpc) is 2.84. The first-order valence-corrected chi connectivity index (χ1v) is 12.1. The van der Waals surface area contributed by atoms with Gasteiger partial charge in [-0.1, -0.05) is 50.2 Å². The van der Waals surface area contributed by atoms with Gasteiger partial charge in [-0.15, -0.1) is 0 Å². The van der Waals surface area contributed by atoms with Gasteiger partial charge in [0.25, 0.3) is 5.91 Å². The van der Waals surface area contributed by atoms with Crippen LogP contribution >= 0.6 is 0 Å². The largest absolute Gasteiger partial charge is 0.495 e. The van der Waals surface area contributed by atoms with E-state index < -0.39 is 15.9 Å². The Morgan fingerprint density at radius 3 is 2.33 bits per heavy atom. The van der Waals surface area contributed by atoms with E-state index in [1.165, 1.54) is 29.6 Å². The van der Waals surface area contributed by atoms with Gasteiger partial charge in [-0.25, -0.2) is 8.42 Å². The molecule has 0 bridgehead atoms. The number of methoxy groups -OCH3 is 1. The van der Waals surface area contributed by atoms with Crippen molar-refractivity contribution in [3.8, 4) is 11.5 Å². The zero-order valence-corrected chi connectivity index (χ0v) is 19.8. The number of rotatable bonds is 10. The smallest absolute Gasteiger partial charge is 0.255 e. The molecule has 0 aromatic heterocycles. The fourth-order valence-corrected chi connectivity index (χ4v) is 4.81. The van der Waals surface area contributed by atoms with E-state index in [1.54, 1.807) is 38.1 Å². The molecule has 0 atom stereocenters. The Kier molecular flexibility index (Phi) is 8.08. The van der Waals surface area contributed by atoms with E-state index in [1.807, 2.05) is 30.3 Å². The minimum Gasteiger partial charge on any atom is -0.495 e. The third kappa shape index (κ3) is 5.91. The van der Waals surface area contributed by atoms with Crippen molar-refractivity contribution >= 4 is 21.6 Å². The van der Waals surface area contributed by atoms with Crippen LogP contribution in [0.1, 0.15) is 29.8 Å². The summed E-state index contributed by atoms with van der Waals surface area (Å²) >= 11 is 0. The lowest BCUT2D eigenvalue weighted by Crippen LogP contribution is -2.30. The molecule has 1 N–H and O–H groups in total. The Bertz CT molecular complexity index is 1190. The van der Waals surface area contributed by atoms with Gasteiger partial charge in [-0.2, -0.15) is 4.31 Å². The number of sulfonamides is 1. The molecule has 1 amide bonds. The number of hydrogen-bond acceptors (Lipinski definition) is 5. The number of nitrogens with zero attached hydrogens (tertiary/aromatic N) is 1. The number of benzene rings is 3. The van der Waals surface area contributed by atoms with E-state index in [0.29, 0.717) is 36.8 Å². The first kappa shape index (κ1) is 24.3. The first-order valence-electron chi connectivity index (χ1n) is 10.6. The predicted octanol–water partition coefficient (Wildman–Crippen LogP) is 4.56. The maximum Gasteiger partial charge on any atom is 0.255 e. The number of hydrogen-bond donors (Lipinski definition) is 1. The molecule has 0 saturated heterocycles. The van der Waals surface area contributed by atoms with Gasteiger partial charge in [0, 0.05) is 18.7 Å². The molecule has 3 aromatic rings. The van der Waals surface area contributed by atoms with Crippen LogP contribution in [-0.2, 0) is 16.6 Å². The molecule has 33 heavy (non-hydrogen) atoms. The number of nitrogens with one attached hydrogen (secondary N) is 1. The monoisotopic (exact) mass is 468 g/mol. The van der Waals surface area contributed by atoms with Crippen LogP contribution in [-0.4, -0.2) is 38.8 Å². The molecule has 7 nitrogen and oxygen atoms in total. The predicted molar refractivity (Wildman–Crippen MR) is 128 cm³/mol. The lowest BCUT2D eigenvalue weighted by molar-refractivity contribution is 0.102. The fourth-order valence-electron chi connectivity index (χ4n) is 3.32. The number of amides is 1. The molecule has 174 valence electrons. The van der Waals surface area contributed by atoms with Gasteiger partial charge < -0.3 is 14.8 Å². The molecule has 0 aliphatic carbocycles. The summed E-state index contributed by atoms with van der Waals surface area (Å²) in [6.45, 7) is 4.63. The molecule has 3 rings (SSSR count). The number of ether oxygens (including phenoxy) is 2. The molecular formula is C25H28N2O5S. The second-order valence-electron chi connectivity index (χ2n) is 7.21. The van der Waals surface area contributed by atoms with Crippen LogP contribution in [0.5, 0.6) is 11.5 Å². The van der Waals surface area contributed by atoms with Crippen molar-refractivity contribution in [1.82, 2.24) is 4.31 Å². The number of carbonyl (C=O) groups excluding carboxylic acids is 1. The summed E-state index contributed by atoms with van der Waals surface area (Å²) in [4.78, 5) is 13.0. The highest BCUT2D eigenvalue weighted by Gasteiger charge is 2.23. The maximum absolute atomic E-state index is 12.9. The number of anilines is 1. The molecule has 0 fully saturated rings. The summed E-state index contributed by atoms with van der Waals surface area (Å²) < 4.78 is 38.3. The SMILES string of the molecule is CCN(CC)S(=O)(=O)c1ccc(OC)c(NC(=O)c2cccc(OCc3ccccc3)c2)c1. The van der Waals surface area contributed by atoms with Gasteiger partial charge in [0.15, 0.2) is 0 Å². The molecule has 3 aromatic carbocycles. The van der Waals surface area contributed by atoms with Gasteiger partial charge >= 0.3 is 0 Å². The standard InChI is InChI=1S/C25H28N2O5S/c1-4-27(5-2)33(29,30)22-14-15-24(31-3)23(17-22)26-25(28)20-12-9-13-21(16-20)32-18-19-10-7-6-8-11-19/h6-17H,4-5,18H2,1-3H3,(H,26,28). The summed E-state index contributed by atoms with van der Waals surface area (Å²) in [7, 11) is -2.22. The fraction of sp³-hybridized carbons (Fsp3) is 0.240. The Morgan fingerprint density at radius 2 is 1.67 bits per heavy atom. The summed E-state index contributed by atoms with van der Waals surface area (Å²) in [5.41, 5.74) is 1.66. The molecule has 0 spiro atoms. The average molecular weight is 469 g/mol. The quantitative estimate of drug-likeness (QED) is 0.472. The van der Waals surface area contributed by atoms with Gasteiger partial charge in [-0.3, -0.25) is 4.79 Å². The van der Waals surface area contributed by atoms with E-state index in [0.717, 1.165) is 5.56 Å². The van der Waals surface area contributed by atoms with Crippen molar-refractivity contribution in [2.45, 2.75) is 25.3 Å². The van der Waals surface area contributed by atoms with Crippen LogP contribution in [0.4, 0.5) is 5.69 Å². The molecule has 0 radical (unpaired) electrons. The molecule has 8 heteroatoms. The van der Waals surface area contributed by atoms with Gasteiger partial charge in [0.2, 0.25) is 10.0 Å². The Morgan fingerprint density at radius 1 is 0.939 bits per heavy atom. The molecule has 0 saturated carbocycles. The van der Waals surface area contributed by atoms with Crippen LogP contribution in [0, 0.1) is 0 Å². The zero-order valence-electron chi connectivity index (χ0n) is 18.9. The van der Waals surface area contributed by atoms with Crippen LogP contribution in [0.2, 0.25) is 0 Å². The highest BCUT2D eigenvalue weighted by atomic mass is 32.2. The minimum atomic E-state index is -3.68. The summed E-state index contributed by atoms with van der Waals surface area (Å²) in [6.07, 6.45) is 0. The molecule has 0 aliphatic heterocycles. The van der Waals surface area contributed by atoms with Crippen molar-refractivity contribution in [2.24, 2.45) is 0 Å². The molecular weight excluding hydrogens is 440 g/mol. The van der Waals surface area contributed by atoms with Crippen LogP contribution in [0.15, 0.2) is 77.7 Å². The molecule has 0 aliphatic rings. The van der Waals surface area contributed by atoms with E-state index in [4.69, 9.17) is 9.47 Å². The normalized spacial score (nSPS) is 11.3. The van der Waals surface area contributed by atoms with Gasteiger partial charge in [0.1, 0.15) is 18.1 Å². The summed E-state index contributed by atoms with van der Waals surface area (Å²) in [6, 6.07) is 21.0. The van der Waals surface area contributed by atoms with E-state index in [2.05, 4.69) is 5.32 Å². The lowest BCUT2D eigenvalue weighted by atomic mass is 10.2. The van der Waals surface area contributed by atoms with E-state index in [-0.39, 0.29) is 10.6 Å². The topological polar surface area (TPSA) is 84.9 Å². The van der Waals surface area contributed by atoms with Crippen molar-refractivity contribution in [3.63, 3.8) is 0 Å². The first-order chi connectivity index (χ1) is 15.9. The third-order valence-electron chi connectivity index (χ3n) is 5.11. The summed E-state index contributed by atoms with van der Waals surface area (Å²) in [5, 5.41) is 2.76. The Labute approximate surface area is 195 Å². The van der Waals surface area contributed by atoms with Crippen molar-refractivity contribution in [3.05, 3.63) is 83.9 Å². The number of carbonyl (C=O) groups is 1. The van der Waals surface area contributed by atoms with Gasteiger partial charge in [0.05, 0.1) is 17.7 Å². The van der Waals surface area contributed by atoms with Crippen LogP contribution in [0.3, 0.4) is 0 Å².